The van der Waals surface area contributed by atoms with E-state index in [0.717, 1.165) is 52.7 Å². The third-order valence-electron chi connectivity index (χ3n) is 7.87. The number of ether oxygens (including phenoxy) is 2. The van der Waals surface area contributed by atoms with E-state index in [9.17, 15) is 14.7 Å². The highest BCUT2D eigenvalue weighted by Crippen LogP contribution is 2.38. The number of piperidine rings is 1. The standard InChI is InChI=1S/C31H42N6O5/c1-4-42-22-12-15-37(18-24-23-11-14-34-28(23)19(2)16-27(24)41-3)26(17-22)20-7-9-21(10-8-20)29(38)36-25(30(39)40)6-5-13-35-31(32)33/h7-11,14,16,22,25-26,34H,4-6,12-13,15,17-18H2,1-3H3,(H,36,38)(H,39,40)(H4,32,33,35)/t22-,25+,26+/m1/s1. The molecule has 226 valence electrons. The van der Waals surface area contributed by atoms with Gasteiger partial charge in [-0.3, -0.25) is 14.7 Å². The third kappa shape index (κ3) is 7.40. The Balaban J connectivity index is 1.53. The topological polar surface area (TPSA) is 168 Å². The highest BCUT2D eigenvalue weighted by atomic mass is 16.5. The summed E-state index contributed by atoms with van der Waals surface area (Å²) in [6.45, 7) is 6.58. The zero-order chi connectivity index (χ0) is 30.2. The van der Waals surface area contributed by atoms with Gasteiger partial charge < -0.3 is 36.3 Å². The van der Waals surface area contributed by atoms with Gasteiger partial charge in [0.15, 0.2) is 5.96 Å². The number of nitrogens with two attached hydrogens (primary N) is 2. The van der Waals surface area contributed by atoms with Crippen molar-refractivity contribution in [2.45, 2.75) is 64.3 Å². The molecule has 2 heterocycles. The van der Waals surface area contributed by atoms with E-state index in [-0.39, 0.29) is 24.5 Å². The van der Waals surface area contributed by atoms with Gasteiger partial charge in [-0.25, -0.2) is 4.79 Å². The Bertz CT molecular complexity index is 1400. The van der Waals surface area contributed by atoms with Crippen molar-refractivity contribution in [3.8, 4) is 5.75 Å². The Morgan fingerprint density at radius 1 is 1.24 bits per heavy atom. The Kier molecular flexibility index (Phi) is 10.4. The second-order valence-corrected chi connectivity index (χ2v) is 10.7. The number of hydrogen-bond acceptors (Lipinski definition) is 6. The van der Waals surface area contributed by atoms with Gasteiger partial charge >= 0.3 is 5.97 Å². The van der Waals surface area contributed by atoms with Crippen molar-refractivity contribution in [2.24, 2.45) is 16.5 Å². The minimum absolute atomic E-state index is 0.0501. The number of H-pyrrole nitrogens is 1. The van der Waals surface area contributed by atoms with Crippen LogP contribution in [-0.4, -0.2) is 71.8 Å². The predicted molar refractivity (Wildman–Crippen MR) is 163 cm³/mol. The summed E-state index contributed by atoms with van der Waals surface area (Å²) >= 11 is 0. The molecular formula is C31H42N6O5. The lowest BCUT2D eigenvalue weighted by molar-refractivity contribution is -0.139. The molecule has 11 nitrogen and oxygen atoms in total. The summed E-state index contributed by atoms with van der Waals surface area (Å²) in [5.74, 6) is -0.732. The first-order chi connectivity index (χ1) is 20.2. The molecule has 0 spiro atoms. The number of fused-ring (bicyclic) bond motifs is 1. The number of likely N-dealkylation sites (tertiary alicyclic amines) is 1. The summed E-state index contributed by atoms with van der Waals surface area (Å²) in [5, 5.41) is 13.4. The number of guanidine groups is 1. The Morgan fingerprint density at radius 3 is 2.67 bits per heavy atom. The minimum Gasteiger partial charge on any atom is -0.496 e. The average molecular weight is 579 g/mol. The Labute approximate surface area is 246 Å². The molecule has 1 amide bonds. The van der Waals surface area contributed by atoms with Crippen LogP contribution < -0.4 is 21.5 Å². The monoisotopic (exact) mass is 578 g/mol. The normalized spacial score (nSPS) is 18.0. The Hall–Kier alpha value is -4.09. The second-order valence-electron chi connectivity index (χ2n) is 10.7. The number of aryl methyl sites for hydroxylation is 1. The molecule has 0 unspecified atom stereocenters. The highest BCUT2D eigenvalue weighted by molar-refractivity contribution is 5.96. The number of rotatable bonds is 13. The van der Waals surface area contributed by atoms with E-state index in [1.807, 2.05) is 25.3 Å². The average Bonchev–Trinajstić information content (AvgIpc) is 3.47. The highest BCUT2D eigenvalue weighted by Gasteiger charge is 2.31. The van der Waals surface area contributed by atoms with Crippen LogP contribution in [0.25, 0.3) is 10.9 Å². The van der Waals surface area contributed by atoms with Gasteiger partial charge in [-0.1, -0.05) is 12.1 Å². The van der Waals surface area contributed by atoms with Crippen molar-refractivity contribution in [3.63, 3.8) is 0 Å². The van der Waals surface area contributed by atoms with Gasteiger partial charge in [0.2, 0.25) is 0 Å². The number of amides is 1. The molecule has 0 radical (unpaired) electrons. The molecule has 1 aromatic heterocycles. The summed E-state index contributed by atoms with van der Waals surface area (Å²) in [4.78, 5) is 34.3. The molecule has 3 aromatic rings. The molecule has 4 rings (SSSR count). The molecule has 2 aromatic carbocycles. The number of nitrogens with one attached hydrogen (secondary N) is 2. The number of aliphatic imine (C=N–C) groups is 1. The van der Waals surface area contributed by atoms with Gasteiger partial charge in [-0.15, -0.1) is 0 Å². The number of carbonyl (C=O) groups excluding carboxylic acids is 1. The molecule has 0 saturated carbocycles. The van der Waals surface area contributed by atoms with Gasteiger partial charge in [-0.2, -0.15) is 0 Å². The molecule has 1 aliphatic rings. The van der Waals surface area contributed by atoms with Crippen LogP contribution in [-0.2, 0) is 16.1 Å². The largest absolute Gasteiger partial charge is 0.496 e. The minimum atomic E-state index is -1.10. The number of aliphatic carboxylic acids is 1. The van der Waals surface area contributed by atoms with Gasteiger partial charge in [0.05, 0.1) is 13.2 Å². The molecule has 1 saturated heterocycles. The van der Waals surface area contributed by atoms with Crippen LogP contribution in [0.15, 0.2) is 47.6 Å². The van der Waals surface area contributed by atoms with Crippen molar-refractivity contribution >= 4 is 28.7 Å². The van der Waals surface area contributed by atoms with Gasteiger partial charge in [-0.05, 0) is 74.9 Å². The SMILES string of the molecule is CCO[C@@H]1CCN(Cc2c(OC)cc(C)c3[nH]ccc23)[C@H](c2ccc(C(=O)N[C@@H](CCCN=C(N)N)C(=O)O)cc2)C1. The number of aromatic amines is 1. The number of aromatic nitrogens is 1. The second kappa shape index (κ2) is 14.2. The summed E-state index contributed by atoms with van der Waals surface area (Å²) in [6, 6.07) is 10.6. The fourth-order valence-electron chi connectivity index (χ4n) is 5.75. The van der Waals surface area contributed by atoms with E-state index in [1.165, 1.54) is 0 Å². The molecule has 3 atom stereocenters. The number of carboxylic acids is 1. The lowest BCUT2D eigenvalue weighted by atomic mass is 9.91. The molecular weight excluding hydrogens is 536 g/mol. The number of methoxy groups -OCH3 is 1. The first-order valence-corrected chi connectivity index (χ1v) is 14.4. The number of carboxylic acid groups (broad SMARTS) is 1. The van der Waals surface area contributed by atoms with Crippen LogP contribution in [0, 0.1) is 6.92 Å². The summed E-state index contributed by atoms with van der Waals surface area (Å²) in [6.07, 6.45) is 4.48. The predicted octanol–water partition coefficient (Wildman–Crippen LogP) is 3.46. The van der Waals surface area contributed by atoms with Gasteiger partial charge in [0, 0.05) is 60.5 Å². The van der Waals surface area contributed by atoms with Gasteiger partial charge in [0.25, 0.3) is 5.91 Å². The van der Waals surface area contributed by atoms with Crippen molar-refractivity contribution in [1.82, 2.24) is 15.2 Å². The summed E-state index contributed by atoms with van der Waals surface area (Å²) in [7, 11) is 1.71. The van der Waals surface area contributed by atoms with E-state index in [0.29, 0.717) is 31.7 Å². The fourth-order valence-corrected chi connectivity index (χ4v) is 5.75. The molecule has 1 aliphatic heterocycles. The number of benzene rings is 2. The number of nitrogens with zero attached hydrogens (tertiary/aromatic N) is 2. The van der Waals surface area contributed by atoms with Crippen LogP contribution in [0.3, 0.4) is 0 Å². The summed E-state index contributed by atoms with van der Waals surface area (Å²) < 4.78 is 11.8. The van der Waals surface area contributed by atoms with Crippen molar-refractivity contribution in [3.05, 3.63) is 64.8 Å². The summed E-state index contributed by atoms with van der Waals surface area (Å²) in [5.41, 5.74) is 15.5. The molecule has 0 bridgehead atoms. The van der Waals surface area contributed by atoms with E-state index in [1.54, 1.807) is 19.2 Å². The van der Waals surface area contributed by atoms with E-state index in [4.69, 9.17) is 20.9 Å². The third-order valence-corrected chi connectivity index (χ3v) is 7.87. The zero-order valence-electron chi connectivity index (χ0n) is 24.6. The fraction of sp³-hybridized carbons (Fsp3) is 0.452. The molecule has 7 N–H and O–H groups in total. The lowest BCUT2D eigenvalue weighted by Gasteiger charge is -2.40. The molecule has 0 aliphatic carbocycles. The first kappa shape index (κ1) is 30.9. The van der Waals surface area contributed by atoms with Crippen molar-refractivity contribution in [2.75, 3.05) is 26.8 Å². The van der Waals surface area contributed by atoms with Crippen LogP contribution in [0.1, 0.15) is 65.7 Å². The zero-order valence-corrected chi connectivity index (χ0v) is 24.6. The maximum absolute atomic E-state index is 12.9. The van der Waals surface area contributed by atoms with Crippen LogP contribution in [0.4, 0.5) is 0 Å². The quantitative estimate of drug-likeness (QED) is 0.117. The molecule has 1 fully saturated rings. The van der Waals surface area contributed by atoms with Crippen molar-refractivity contribution < 1.29 is 24.2 Å². The van der Waals surface area contributed by atoms with Crippen LogP contribution in [0.5, 0.6) is 5.75 Å². The van der Waals surface area contributed by atoms with Gasteiger partial charge in [0.1, 0.15) is 11.8 Å². The number of carbonyl (C=O) groups is 2. The lowest BCUT2D eigenvalue weighted by Crippen LogP contribution is -2.41. The molecule has 42 heavy (non-hydrogen) atoms. The van der Waals surface area contributed by atoms with Crippen LogP contribution in [0.2, 0.25) is 0 Å². The van der Waals surface area contributed by atoms with E-state index < -0.39 is 17.9 Å². The smallest absolute Gasteiger partial charge is 0.326 e. The first-order valence-electron chi connectivity index (χ1n) is 14.4. The van der Waals surface area contributed by atoms with Crippen molar-refractivity contribution in [1.29, 1.82) is 0 Å². The van der Waals surface area contributed by atoms with E-state index >= 15 is 0 Å². The Morgan fingerprint density at radius 2 is 2.00 bits per heavy atom. The maximum atomic E-state index is 12.9. The molecule has 11 heteroatoms. The number of hydrogen-bond donors (Lipinski definition) is 5. The maximum Gasteiger partial charge on any atom is 0.326 e. The van der Waals surface area contributed by atoms with Crippen LogP contribution >= 0.6 is 0 Å². The van der Waals surface area contributed by atoms with E-state index in [2.05, 4.69) is 39.2 Å².